The van der Waals surface area contributed by atoms with Gasteiger partial charge in [0.05, 0.1) is 28.2 Å². The molecule has 1 spiro atoms. The van der Waals surface area contributed by atoms with Gasteiger partial charge in [0.2, 0.25) is 5.91 Å². The highest BCUT2D eigenvalue weighted by Gasteiger charge is 2.69. The number of halogens is 2. The number of aliphatic imine (C=N–C) groups is 1. The fourth-order valence-electron chi connectivity index (χ4n) is 4.62. The fourth-order valence-corrected chi connectivity index (χ4v) is 4.74. The molecule has 5 heterocycles. The Labute approximate surface area is 181 Å². The molecule has 3 unspecified atom stereocenters. The van der Waals surface area contributed by atoms with Gasteiger partial charge in [-0.05, 0) is 37.3 Å². The van der Waals surface area contributed by atoms with Gasteiger partial charge in [0.1, 0.15) is 0 Å². The maximum absolute atomic E-state index is 14.8. The summed E-state index contributed by atoms with van der Waals surface area (Å²) < 4.78 is 16.4. The predicted molar refractivity (Wildman–Crippen MR) is 113 cm³/mol. The Morgan fingerprint density at radius 1 is 1.29 bits per heavy atom. The number of allylic oxidation sites excluding steroid dienone is 1. The second-order valence-corrected chi connectivity index (χ2v) is 8.42. The van der Waals surface area contributed by atoms with E-state index >= 15 is 0 Å². The van der Waals surface area contributed by atoms with Gasteiger partial charge in [0, 0.05) is 36.3 Å². The summed E-state index contributed by atoms with van der Waals surface area (Å²) in [6.45, 7) is 1.85. The average molecular weight is 435 g/mol. The lowest BCUT2D eigenvalue weighted by atomic mass is 10.1. The van der Waals surface area contributed by atoms with E-state index in [9.17, 15) is 9.18 Å². The molecule has 1 fully saturated rings. The van der Waals surface area contributed by atoms with Gasteiger partial charge >= 0.3 is 0 Å². The van der Waals surface area contributed by atoms with Crippen LogP contribution < -0.4 is 0 Å². The molecule has 9 heteroatoms. The number of rotatable bonds is 3. The lowest BCUT2D eigenvalue weighted by Gasteiger charge is -2.28. The highest BCUT2D eigenvalue weighted by atomic mass is 35.5. The van der Waals surface area contributed by atoms with Crippen molar-refractivity contribution in [3.63, 3.8) is 0 Å². The van der Waals surface area contributed by atoms with E-state index in [1.54, 1.807) is 40.0 Å². The molecule has 3 aromatic heterocycles. The maximum Gasteiger partial charge on any atom is 0.233 e. The van der Waals surface area contributed by atoms with Crippen molar-refractivity contribution < 1.29 is 9.18 Å². The normalized spacial score (nSPS) is 26.8. The highest BCUT2D eigenvalue weighted by molar-refractivity contribution is 6.30. The second kappa shape index (κ2) is 6.31. The first kappa shape index (κ1) is 18.4. The van der Waals surface area contributed by atoms with Crippen molar-refractivity contribution in [2.45, 2.75) is 18.5 Å². The molecule has 4 atom stereocenters. The summed E-state index contributed by atoms with van der Waals surface area (Å²) in [5.41, 5.74) is 0.786. The summed E-state index contributed by atoms with van der Waals surface area (Å²) in [4.78, 5) is 23.6. The Morgan fingerprint density at radius 3 is 2.97 bits per heavy atom. The summed E-state index contributed by atoms with van der Waals surface area (Å²) >= 11 is 5.92. The smallest absolute Gasteiger partial charge is 0.233 e. The molecule has 2 aliphatic heterocycles. The van der Waals surface area contributed by atoms with Crippen molar-refractivity contribution in [1.29, 1.82) is 0 Å². The van der Waals surface area contributed by atoms with Crippen LogP contribution in [-0.2, 0) is 4.79 Å². The minimum Gasteiger partial charge on any atom is -0.309 e. The van der Waals surface area contributed by atoms with Crippen molar-refractivity contribution >= 4 is 29.4 Å². The molecule has 0 radical (unpaired) electrons. The van der Waals surface area contributed by atoms with E-state index in [-0.39, 0.29) is 23.4 Å². The summed E-state index contributed by atoms with van der Waals surface area (Å²) in [7, 11) is 0. The van der Waals surface area contributed by atoms with E-state index in [1.165, 1.54) is 12.3 Å². The first-order chi connectivity index (χ1) is 15.0. The summed E-state index contributed by atoms with van der Waals surface area (Å²) in [6.07, 6.45) is 12.6. The minimum atomic E-state index is -0.521. The number of hydrogen-bond donors (Lipinski definition) is 0. The van der Waals surface area contributed by atoms with Crippen molar-refractivity contribution in [3.8, 4) is 11.3 Å². The summed E-state index contributed by atoms with van der Waals surface area (Å²) in [6, 6.07) is 4.33. The quantitative estimate of drug-likeness (QED) is 0.631. The first-order valence-electron chi connectivity index (χ1n) is 9.89. The number of carbonyl (C=O) groups is 1. The summed E-state index contributed by atoms with van der Waals surface area (Å²) in [5, 5.41) is 8.71. The lowest BCUT2D eigenvalue weighted by molar-refractivity contribution is -0.132. The van der Waals surface area contributed by atoms with Crippen LogP contribution in [0.3, 0.4) is 0 Å². The molecule has 1 saturated carbocycles. The summed E-state index contributed by atoms with van der Waals surface area (Å²) in [5.74, 6) is -0.196. The molecular weight excluding hydrogens is 419 g/mol. The van der Waals surface area contributed by atoms with E-state index in [0.717, 1.165) is 0 Å². The van der Waals surface area contributed by atoms with Gasteiger partial charge in [0.15, 0.2) is 17.3 Å². The van der Waals surface area contributed by atoms with Crippen molar-refractivity contribution in [1.82, 2.24) is 24.5 Å². The monoisotopic (exact) mass is 434 g/mol. The molecule has 154 valence electrons. The van der Waals surface area contributed by atoms with E-state index in [1.807, 2.05) is 25.2 Å². The number of fused-ring (bicyclic) bond motifs is 2. The van der Waals surface area contributed by atoms with Crippen LogP contribution in [0.1, 0.15) is 18.8 Å². The molecule has 0 N–H and O–H groups in total. The number of aromatic nitrogens is 4. The van der Waals surface area contributed by atoms with Crippen LogP contribution in [0.5, 0.6) is 0 Å². The number of nitrogens with zero attached hydrogens (tertiary/aromatic N) is 6. The van der Waals surface area contributed by atoms with Gasteiger partial charge in [-0.15, -0.1) is 10.2 Å². The van der Waals surface area contributed by atoms with Crippen LogP contribution in [0.2, 0.25) is 5.02 Å². The predicted octanol–water partition coefficient (Wildman–Crippen LogP) is 3.63. The number of carbonyl (C=O) groups excluding carboxylic acids is 1. The third-order valence-electron chi connectivity index (χ3n) is 6.31. The largest absolute Gasteiger partial charge is 0.309 e. The van der Waals surface area contributed by atoms with Crippen LogP contribution in [0.15, 0.2) is 60.0 Å². The van der Waals surface area contributed by atoms with Gasteiger partial charge in [-0.3, -0.25) is 19.2 Å². The molecule has 1 amide bonds. The Hall–Kier alpha value is -3.39. The van der Waals surface area contributed by atoms with Crippen molar-refractivity contribution in [2.75, 3.05) is 0 Å². The molecule has 31 heavy (non-hydrogen) atoms. The van der Waals surface area contributed by atoms with E-state index in [4.69, 9.17) is 11.6 Å². The molecule has 3 aliphatic rings. The molecular formula is C22H16ClFN6O. The van der Waals surface area contributed by atoms with Gasteiger partial charge in [-0.25, -0.2) is 4.39 Å². The Balaban J connectivity index is 1.39. The van der Waals surface area contributed by atoms with Crippen LogP contribution in [-0.4, -0.2) is 42.1 Å². The molecule has 6 rings (SSSR count). The Bertz CT molecular complexity index is 1330. The van der Waals surface area contributed by atoms with Gasteiger partial charge in [0.25, 0.3) is 0 Å². The van der Waals surface area contributed by atoms with Crippen LogP contribution >= 0.6 is 11.6 Å². The zero-order valence-corrected chi connectivity index (χ0v) is 17.1. The third kappa shape index (κ3) is 2.54. The maximum atomic E-state index is 14.8. The van der Waals surface area contributed by atoms with Gasteiger partial charge in [-0.2, -0.15) is 0 Å². The zero-order chi connectivity index (χ0) is 21.3. The average Bonchev–Trinajstić information content (AvgIpc) is 3.27. The second-order valence-electron chi connectivity index (χ2n) is 7.98. The van der Waals surface area contributed by atoms with Gasteiger partial charge in [-0.1, -0.05) is 17.7 Å². The van der Waals surface area contributed by atoms with Crippen LogP contribution in [0.4, 0.5) is 4.39 Å². The first-order valence-corrected chi connectivity index (χ1v) is 10.3. The van der Waals surface area contributed by atoms with E-state index < -0.39 is 17.4 Å². The molecule has 1 aliphatic carbocycles. The molecule has 7 nitrogen and oxygen atoms in total. The fraction of sp³-hybridized carbons (Fsp3) is 0.227. The number of amides is 1. The topological polar surface area (TPSA) is 75.8 Å². The SMILES string of the molecule is C[C@H](c1nnc2c(F)cc(-c3ccc(Cl)cn3)cn12)N1C=CC23N=CC=CC2C3C1=O. The molecule has 0 bridgehead atoms. The molecule has 0 aromatic carbocycles. The minimum absolute atomic E-state index is 0.0172. The van der Waals surface area contributed by atoms with E-state index in [2.05, 4.69) is 20.2 Å². The molecule has 3 aromatic rings. The van der Waals surface area contributed by atoms with Gasteiger partial charge < -0.3 is 4.90 Å². The lowest BCUT2D eigenvalue weighted by Crippen LogP contribution is -2.36. The van der Waals surface area contributed by atoms with Crippen molar-refractivity contribution in [2.24, 2.45) is 16.8 Å². The third-order valence-corrected chi connectivity index (χ3v) is 6.53. The zero-order valence-electron chi connectivity index (χ0n) is 16.4. The van der Waals surface area contributed by atoms with E-state index in [0.29, 0.717) is 22.1 Å². The van der Waals surface area contributed by atoms with Crippen LogP contribution in [0.25, 0.3) is 16.9 Å². The number of dihydropyridines is 1. The van der Waals surface area contributed by atoms with Crippen LogP contribution in [0, 0.1) is 17.7 Å². The standard InChI is InChI=1S/C22H16ClFN6O/c1-12(29-8-6-22-15(3-2-7-26-22)18(22)21(29)31)19-27-28-20-16(24)9-13(11-30(19)20)17-5-4-14(23)10-25-17/h2-12,15,18H,1H3/t12-,15?,18?,22?/m1/s1. The number of pyridine rings is 2. The highest BCUT2D eigenvalue weighted by Crippen LogP contribution is 2.59. The molecule has 0 saturated heterocycles. The van der Waals surface area contributed by atoms with Crippen molar-refractivity contribution in [3.05, 3.63) is 71.7 Å². The Morgan fingerprint density at radius 2 is 2.16 bits per heavy atom. The number of hydrogen-bond acceptors (Lipinski definition) is 5. The Kier molecular flexibility index (Phi) is 3.74.